The highest BCUT2D eigenvalue weighted by molar-refractivity contribution is 6.12. The Hall–Kier alpha value is -3.05. The molecule has 1 aromatic heterocycles. The summed E-state index contributed by atoms with van der Waals surface area (Å²) in [4.78, 5) is 12.9. The van der Waals surface area contributed by atoms with E-state index in [0.29, 0.717) is 29.2 Å². The Morgan fingerprint density at radius 2 is 1.93 bits per heavy atom. The van der Waals surface area contributed by atoms with E-state index < -0.39 is 0 Å². The molecule has 0 fully saturated rings. The van der Waals surface area contributed by atoms with E-state index in [1.807, 2.05) is 59.3 Å². The van der Waals surface area contributed by atoms with Crippen LogP contribution in [0.1, 0.15) is 22.8 Å². The van der Waals surface area contributed by atoms with Gasteiger partial charge in [-0.05, 0) is 61.0 Å². The molecule has 140 valence electrons. The highest BCUT2D eigenvalue weighted by Gasteiger charge is 2.12. The number of allylic oxidation sites excluding steroid dienone is 1. The van der Waals surface area contributed by atoms with E-state index in [1.165, 1.54) is 0 Å². The third kappa shape index (κ3) is 3.88. The molecule has 5 nitrogen and oxygen atoms in total. The topological polar surface area (TPSA) is 60.7 Å². The second-order valence-electron chi connectivity index (χ2n) is 6.27. The van der Waals surface area contributed by atoms with Gasteiger partial charge < -0.3 is 19.1 Å². The van der Waals surface area contributed by atoms with Crippen LogP contribution in [0.2, 0.25) is 0 Å². The van der Waals surface area contributed by atoms with E-state index in [-0.39, 0.29) is 12.4 Å². The first-order valence-electron chi connectivity index (χ1n) is 8.72. The van der Waals surface area contributed by atoms with Gasteiger partial charge in [0.25, 0.3) is 0 Å². The van der Waals surface area contributed by atoms with Gasteiger partial charge in [-0.15, -0.1) is 0 Å². The first-order valence-corrected chi connectivity index (χ1v) is 8.72. The highest BCUT2D eigenvalue weighted by atomic mass is 16.5. The lowest BCUT2D eigenvalue weighted by atomic mass is 10.0. The Bertz CT molecular complexity index is 1000. The molecule has 0 aliphatic carbocycles. The van der Waals surface area contributed by atoms with Gasteiger partial charge in [-0.2, -0.15) is 0 Å². The molecular formula is C22H23NO4. The number of aliphatic hydroxyl groups is 1. The zero-order valence-electron chi connectivity index (χ0n) is 15.7. The molecule has 0 aliphatic heterocycles. The zero-order chi connectivity index (χ0) is 19.4. The number of fused-ring (bicyclic) bond motifs is 1. The summed E-state index contributed by atoms with van der Waals surface area (Å²) in [6.45, 7) is 2.41. The van der Waals surface area contributed by atoms with Crippen LogP contribution < -0.4 is 9.47 Å². The average Bonchev–Trinajstić information content (AvgIpc) is 3.09. The predicted molar refractivity (Wildman–Crippen MR) is 107 cm³/mol. The molecule has 0 bridgehead atoms. The number of hydrogen-bond acceptors (Lipinski definition) is 4. The Kier molecular flexibility index (Phi) is 5.62. The molecule has 5 heteroatoms. The van der Waals surface area contributed by atoms with Crippen molar-refractivity contribution in [2.24, 2.45) is 0 Å². The number of aliphatic hydroxyl groups excluding tert-OH is 1. The first kappa shape index (κ1) is 18.7. The van der Waals surface area contributed by atoms with Crippen molar-refractivity contribution in [1.82, 2.24) is 4.57 Å². The minimum Gasteiger partial charge on any atom is -0.497 e. The van der Waals surface area contributed by atoms with Crippen LogP contribution in [0.4, 0.5) is 0 Å². The van der Waals surface area contributed by atoms with Crippen LogP contribution in [-0.2, 0) is 6.54 Å². The molecule has 0 spiro atoms. The van der Waals surface area contributed by atoms with Gasteiger partial charge in [-0.25, -0.2) is 0 Å². The van der Waals surface area contributed by atoms with E-state index in [0.717, 1.165) is 16.5 Å². The van der Waals surface area contributed by atoms with Gasteiger partial charge >= 0.3 is 0 Å². The number of hydrogen-bond donors (Lipinski definition) is 1. The van der Waals surface area contributed by atoms with Crippen molar-refractivity contribution in [1.29, 1.82) is 0 Å². The molecule has 0 unspecified atom stereocenters. The number of aromatic nitrogens is 1. The molecule has 3 rings (SSSR count). The number of carbonyl (C=O) groups is 1. The van der Waals surface area contributed by atoms with Crippen LogP contribution in [0.15, 0.2) is 54.2 Å². The summed E-state index contributed by atoms with van der Waals surface area (Å²) in [7, 11) is 3.20. The molecule has 0 aliphatic rings. The number of ketones is 1. The van der Waals surface area contributed by atoms with Gasteiger partial charge in [0.1, 0.15) is 11.5 Å². The molecule has 1 heterocycles. The number of rotatable bonds is 7. The monoisotopic (exact) mass is 365 g/mol. The maximum absolute atomic E-state index is 12.9. The third-order valence-electron chi connectivity index (χ3n) is 4.54. The number of methoxy groups -OCH3 is 2. The molecule has 0 amide bonds. The fourth-order valence-electron chi connectivity index (χ4n) is 3.12. The summed E-state index contributed by atoms with van der Waals surface area (Å²) in [6.07, 6.45) is 3.73. The second kappa shape index (κ2) is 8.10. The van der Waals surface area contributed by atoms with E-state index in [4.69, 9.17) is 14.6 Å². The summed E-state index contributed by atoms with van der Waals surface area (Å²) >= 11 is 0. The smallest absolute Gasteiger partial charge is 0.188 e. The molecule has 0 saturated heterocycles. The molecule has 0 saturated carbocycles. The second-order valence-corrected chi connectivity index (χ2v) is 6.27. The molecule has 1 N–H and O–H groups in total. The van der Waals surface area contributed by atoms with Gasteiger partial charge in [0.15, 0.2) is 5.78 Å². The fraction of sp³-hybridized carbons (Fsp3) is 0.227. The zero-order valence-corrected chi connectivity index (χ0v) is 15.7. The number of ether oxygens (including phenoxy) is 2. The average molecular weight is 365 g/mol. The summed E-state index contributed by atoms with van der Waals surface area (Å²) in [5.41, 5.74) is 3.02. The van der Waals surface area contributed by atoms with Crippen molar-refractivity contribution in [3.05, 3.63) is 65.4 Å². The van der Waals surface area contributed by atoms with Crippen molar-refractivity contribution >= 4 is 22.8 Å². The van der Waals surface area contributed by atoms with Crippen molar-refractivity contribution in [2.45, 2.75) is 13.5 Å². The van der Waals surface area contributed by atoms with E-state index in [2.05, 4.69) is 0 Å². The lowest BCUT2D eigenvalue weighted by Crippen LogP contribution is -2.02. The normalized spacial score (nSPS) is 11.6. The molecule has 0 radical (unpaired) electrons. The van der Waals surface area contributed by atoms with Gasteiger partial charge in [-0.1, -0.05) is 0 Å². The highest BCUT2D eigenvalue weighted by Crippen LogP contribution is 2.27. The van der Waals surface area contributed by atoms with E-state index in [9.17, 15) is 4.79 Å². The number of nitrogens with zero attached hydrogens (tertiary/aromatic N) is 1. The van der Waals surface area contributed by atoms with E-state index in [1.54, 1.807) is 21.1 Å². The standard InChI is InChI=1S/C22H23NO4/c1-15(12-18-14-19(26-2)5-7-21(18)27-3)22(25)17-4-6-20-16(13-17)8-9-23(20)10-11-24/h4-9,12-14,24H,10-11H2,1-3H3. The van der Waals surface area contributed by atoms with Crippen LogP contribution in [0.25, 0.3) is 17.0 Å². The number of Topliss-reactive ketones (excluding diaryl/α,β-unsaturated/α-hetero) is 1. The Morgan fingerprint density at radius 3 is 2.63 bits per heavy atom. The third-order valence-corrected chi connectivity index (χ3v) is 4.54. The SMILES string of the molecule is COc1ccc(OC)c(C=C(C)C(=O)c2ccc3c(ccn3CCO)c2)c1. The Balaban J connectivity index is 1.93. The van der Waals surface area contributed by atoms with Crippen LogP contribution in [0.5, 0.6) is 11.5 Å². The van der Waals surface area contributed by atoms with Crippen LogP contribution in [0.3, 0.4) is 0 Å². The first-order chi connectivity index (χ1) is 13.1. The largest absolute Gasteiger partial charge is 0.497 e. The summed E-state index contributed by atoms with van der Waals surface area (Å²) in [6, 6.07) is 13.0. The molecule has 2 aromatic carbocycles. The Morgan fingerprint density at radius 1 is 1.11 bits per heavy atom. The van der Waals surface area contributed by atoms with Crippen molar-refractivity contribution in [2.75, 3.05) is 20.8 Å². The van der Waals surface area contributed by atoms with Crippen LogP contribution >= 0.6 is 0 Å². The molecule has 27 heavy (non-hydrogen) atoms. The van der Waals surface area contributed by atoms with Gasteiger partial charge in [0.2, 0.25) is 0 Å². The van der Waals surface area contributed by atoms with Crippen LogP contribution in [-0.4, -0.2) is 36.3 Å². The summed E-state index contributed by atoms with van der Waals surface area (Å²) < 4.78 is 12.6. The quantitative estimate of drug-likeness (QED) is 0.509. The van der Waals surface area contributed by atoms with Crippen molar-refractivity contribution in [3.8, 4) is 11.5 Å². The minimum atomic E-state index is -0.0447. The predicted octanol–water partition coefficient (Wildman–Crippen LogP) is 3.94. The summed E-state index contributed by atoms with van der Waals surface area (Å²) in [5, 5.41) is 10.1. The van der Waals surface area contributed by atoms with Gasteiger partial charge in [-0.3, -0.25) is 4.79 Å². The molecular weight excluding hydrogens is 342 g/mol. The molecule has 0 atom stereocenters. The fourth-order valence-corrected chi connectivity index (χ4v) is 3.12. The van der Waals surface area contributed by atoms with Gasteiger partial charge in [0, 0.05) is 34.8 Å². The lowest BCUT2D eigenvalue weighted by molar-refractivity contribution is 0.103. The minimum absolute atomic E-state index is 0.0447. The Labute approximate surface area is 158 Å². The van der Waals surface area contributed by atoms with Gasteiger partial charge in [0.05, 0.1) is 20.8 Å². The number of benzene rings is 2. The maximum atomic E-state index is 12.9. The number of carbonyl (C=O) groups excluding carboxylic acids is 1. The van der Waals surface area contributed by atoms with Crippen molar-refractivity contribution < 1.29 is 19.4 Å². The van der Waals surface area contributed by atoms with Crippen molar-refractivity contribution in [3.63, 3.8) is 0 Å². The van der Waals surface area contributed by atoms with Crippen LogP contribution in [0, 0.1) is 0 Å². The lowest BCUT2D eigenvalue weighted by Gasteiger charge is -2.09. The van der Waals surface area contributed by atoms with E-state index >= 15 is 0 Å². The maximum Gasteiger partial charge on any atom is 0.188 e. The summed E-state index contributed by atoms with van der Waals surface area (Å²) in [5.74, 6) is 1.34. The molecule has 3 aromatic rings.